The van der Waals surface area contributed by atoms with Gasteiger partial charge >= 0.3 is 5.97 Å². The molecule has 9 nitrogen and oxygen atoms in total. The van der Waals surface area contributed by atoms with Crippen molar-refractivity contribution in [2.75, 3.05) is 0 Å². The van der Waals surface area contributed by atoms with E-state index in [1.807, 2.05) is 31.2 Å². The third-order valence-corrected chi connectivity index (χ3v) is 6.38. The number of carboxylic acid groups (broad SMARTS) is 1. The van der Waals surface area contributed by atoms with Crippen molar-refractivity contribution in [2.45, 2.75) is 97.8 Å². The van der Waals surface area contributed by atoms with Crippen molar-refractivity contribution in [3.05, 3.63) is 35.4 Å². The van der Waals surface area contributed by atoms with E-state index in [9.17, 15) is 19.2 Å². The van der Waals surface area contributed by atoms with Crippen molar-refractivity contribution in [3.63, 3.8) is 0 Å². The summed E-state index contributed by atoms with van der Waals surface area (Å²) in [4.78, 5) is 49.8. The van der Waals surface area contributed by atoms with Gasteiger partial charge < -0.3 is 26.8 Å². The van der Waals surface area contributed by atoms with Gasteiger partial charge in [-0.3, -0.25) is 19.2 Å². The van der Waals surface area contributed by atoms with Crippen LogP contribution in [0.5, 0.6) is 0 Å². The molecule has 1 aromatic rings. The predicted octanol–water partition coefficient (Wildman–Crippen LogP) is 2.11. The number of amides is 3. The number of carbonyl (C=O) groups is 4. The van der Waals surface area contributed by atoms with E-state index >= 15 is 0 Å². The number of aliphatic carboxylic acids is 1. The van der Waals surface area contributed by atoms with Crippen LogP contribution in [0.3, 0.4) is 0 Å². The molecule has 5 atom stereocenters. The van der Waals surface area contributed by atoms with Gasteiger partial charge in [-0.1, -0.05) is 79.2 Å². The zero-order valence-corrected chi connectivity index (χ0v) is 22.8. The minimum atomic E-state index is -1.17. The second-order valence-electron chi connectivity index (χ2n) is 10.9. The molecule has 1 rings (SSSR count). The van der Waals surface area contributed by atoms with Crippen LogP contribution in [0.15, 0.2) is 24.3 Å². The fraction of sp³-hybridized carbons (Fsp3) is 0.630. The Bertz CT molecular complexity index is 908. The molecule has 0 unspecified atom stereocenters. The van der Waals surface area contributed by atoms with E-state index in [2.05, 4.69) is 36.7 Å². The molecule has 0 aliphatic heterocycles. The number of nitrogens with two attached hydrogens (primary N) is 1. The smallest absolute Gasteiger partial charge is 0.325 e. The van der Waals surface area contributed by atoms with Crippen molar-refractivity contribution in [2.24, 2.45) is 17.6 Å². The first-order chi connectivity index (χ1) is 16.6. The summed E-state index contributed by atoms with van der Waals surface area (Å²) in [6.45, 7) is 15.0. The number of hydrogen-bond donors (Lipinski definition) is 5. The number of benzene rings is 1. The first-order valence-corrected chi connectivity index (χ1v) is 12.6. The van der Waals surface area contributed by atoms with Crippen LogP contribution < -0.4 is 21.7 Å². The van der Waals surface area contributed by atoms with Crippen LogP contribution in [0, 0.1) is 11.8 Å². The molecular weight excluding hydrogens is 460 g/mol. The standard InChI is InChI=1S/C27H44N4O5/c1-9-16(4)22(25(34)29-17(5)26(35)36)31-24(33)21(15(2)3)30-23(32)20(28)14-18-10-12-19(13-11-18)27(6,7)8/h10-13,15-17,20-22H,9,14,28H2,1-8H3,(H,29,34)(H,30,32)(H,31,33)(H,35,36)/t16-,17-,20-,21-,22-/m0/s1. The van der Waals surface area contributed by atoms with Crippen LogP contribution in [-0.4, -0.2) is 53.0 Å². The summed E-state index contributed by atoms with van der Waals surface area (Å²) < 4.78 is 0. The largest absolute Gasteiger partial charge is 0.480 e. The maximum absolute atomic E-state index is 13.1. The highest BCUT2D eigenvalue weighted by Gasteiger charge is 2.33. The maximum atomic E-state index is 13.1. The predicted molar refractivity (Wildman–Crippen MR) is 140 cm³/mol. The lowest BCUT2D eigenvalue weighted by molar-refractivity contribution is -0.142. The van der Waals surface area contributed by atoms with Gasteiger partial charge in [-0.05, 0) is 41.7 Å². The lowest BCUT2D eigenvalue weighted by atomic mass is 9.86. The molecule has 0 spiro atoms. The summed E-state index contributed by atoms with van der Waals surface area (Å²) in [5.41, 5.74) is 8.27. The van der Waals surface area contributed by atoms with Crippen LogP contribution in [-0.2, 0) is 31.0 Å². The summed E-state index contributed by atoms with van der Waals surface area (Å²) in [7, 11) is 0. The number of hydrogen-bond acceptors (Lipinski definition) is 5. The average molecular weight is 505 g/mol. The highest BCUT2D eigenvalue weighted by molar-refractivity contribution is 5.94. The number of carboxylic acids is 1. The summed E-state index contributed by atoms with van der Waals surface area (Å²) >= 11 is 0. The second kappa shape index (κ2) is 13.4. The van der Waals surface area contributed by atoms with E-state index in [1.54, 1.807) is 20.8 Å². The molecule has 36 heavy (non-hydrogen) atoms. The van der Waals surface area contributed by atoms with Crippen molar-refractivity contribution in [3.8, 4) is 0 Å². The van der Waals surface area contributed by atoms with E-state index in [-0.39, 0.29) is 17.3 Å². The first kappa shape index (κ1) is 31.1. The molecule has 0 saturated heterocycles. The summed E-state index contributed by atoms with van der Waals surface area (Å²) in [5, 5.41) is 16.9. The monoisotopic (exact) mass is 504 g/mol. The molecule has 9 heteroatoms. The molecule has 0 bridgehead atoms. The van der Waals surface area contributed by atoms with E-state index < -0.39 is 47.9 Å². The van der Waals surface area contributed by atoms with E-state index in [0.29, 0.717) is 12.8 Å². The molecule has 0 saturated carbocycles. The van der Waals surface area contributed by atoms with Gasteiger partial charge in [0.2, 0.25) is 17.7 Å². The number of rotatable bonds is 12. The Hall–Kier alpha value is -2.94. The van der Waals surface area contributed by atoms with Crippen molar-refractivity contribution in [1.29, 1.82) is 0 Å². The molecule has 202 valence electrons. The van der Waals surface area contributed by atoms with Crippen LogP contribution in [0.1, 0.15) is 72.9 Å². The third kappa shape index (κ3) is 9.26. The Balaban J connectivity index is 2.91. The number of carbonyl (C=O) groups excluding carboxylic acids is 3. The van der Waals surface area contributed by atoms with Gasteiger partial charge in [-0.25, -0.2) is 0 Å². The van der Waals surface area contributed by atoms with Crippen molar-refractivity contribution in [1.82, 2.24) is 16.0 Å². The summed E-state index contributed by atoms with van der Waals surface area (Å²) in [6.07, 6.45) is 0.894. The highest BCUT2D eigenvalue weighted by atomic mass is 16.4. The zero-order valence-electron chi connectivity index (χ0n) is 22.8. The highest BCUT2D eigenvalue weighted by Crippen LogP contribution is 2.22. The van der Waals surface area contributed by atoms with Gasteiger partial charge in [0.15, 0.2) is 0 Å². The molecule has 0 heterocycles. The number of nitrogens with one attached hydrogen (secondary N) is 3. The molecule has 0 aliphatic carbocycles. The molecule has 0 aliphatic rings. The second-order valence-corrected chi connectivity index (χ2v) is 10.9. The fourth-order valence-electron chi connectivity index (χ4n) is 3.59. The molecule has 0 aromatic heterocycles. The Labute approximate surface area is 215 Å². The SMILES string of the molecule is CC[C@H](C)[C@H](NC(=O)[C@@H](NC(=O)[C@@H](N)Cc1ccc(C(C)(C)C)cc1)C(C)C)C(=O)N[C@@H](C)C(=O)O. The fourth-order valence-corrected chi connectivity index (χ4v) is 3.59. The molecule has 0 fully saturated rings. The lowest BCUT2D eigenvalue weighted by Crippen LogP contribution is -2.59. The molecular formula is C27H44N4O5. The molecule has 3 amide bonds. The van der Waals surface area contributed by atoms with Gasteiger partial charge in [0, 0.05) is 0 Å². The van der Waals surface area contributed by atoms with Gasteiger partial charge in [0.25, 0.3) is 0 Å². The zero-order chi connectivity index (χ0) is 27.8. The van der Waals surface area contributed by atoms with E-state index in [4.69, 9.17) is 10.8 Å². The lowest BCUT2D eigenvalue weighted by Gasteiger charge is -2.29. The minimum Gasteiger partial charge on any atom is -0.480 e. The summed E-state index contributed by atoms with van der Waals surface area (Å²) in [6, 6.07) is 4.13. The summed E-state index contributed by atoms with van der Waals surface area (Å²) in [5.74, 6) is -3.28. The molecule has 6 N–H and O–H groups in total. The Morgan fingerprint density at radius 2 is 1.36 bits per heavy atom. The quantitative estimate of drug-likeness (QED) is 0.294. The van der Waals surface area contributed by atoms with Crippen LogP contribution in [0.4, 0.5) is 0 Å². The Morgan fingerprint density at radius 1 is 0.861 bits per heavy atom. The van der Waals surface area contributed by atoms with Gasteiger partial charge in [0.05, 0.1) is 6.04 Å². The minimum absolute atomic E-state index is 0.0194. The van der Waals surface area contributed by atoms with Crippen LogP contribution in [0.25, 0.3) is 0 Å². The maximum Gasteiger partial charge on any atom is 0.325 e. The normalized spacial score (nSPS) is 15.8. The van der Waals surface area contributed by atoms with Gasteiger partial charge in [-0.2, -0.15) is 0 Å². The first-order valence-electron chi connectivity index (χ1n) is 12.6. The van der Waals surface area contributed by atoms with E-state index in [1.165, 1.54) is 12.5 Å². The molecule has 0 radical (unpaired) electrons. The topological polar surface area (TPSA) is 151 Å². The molecule has 1 aromatic carbocycles. The van der Waals surface area contributed by atoms with Crippen LogP contribution in [0.2, 0.25) is 0 Å². The average Bonchev–Trinajstić information content (AvgIpc) is 2.79. The van der Waals surface area contributed by atoms with Crippen molar-refractivity contribution >= 4 is 23.7 Å². The van der Waals surface area contributed by atoms with Gasteiger partial charge in [0.1, 0.15) is 18.1 Å². The van der Waals surface area contributed by atoms with Crippen molar-refractivity contribution < 1.29 is 24.3 Å². The van der Waals surface area contributed by atoms with Gasteiger partial charge in [-0.15, -0.1) is 0 Å². The van der Waals surface area contributed by atoms with Crippen LogP contribution >= 0.6 is 0 Å². The Morgan fingerprint density at radius 3 is 1.81 bits per heavy atom. The Kier molecular flexibility index (Phi) is 11.6. The third-order valence-electron chi connectivity index (χ3n) is 6.38. The van der Waals surface area contributed by atoms with E-state index in [0.717, 1.165) is 5.56 Å².